The van der Waals surface area contributed by atoms with Gasteiger partial charge in [0.2, 0.25) is 0 Å². The lowest BCUT2D eigenvalue weighted by Gasteiger charge is -2.39. The number of guanidine groups is 1. The molecule has 1 unspecified atom stereocenters. The van der Waals surface area contributed by atoms with Gasteiger partial charge < -0.3 is 15.4 Å². The summed E-state index contributed by atoms with van der Waals surface area (Å²) in [7, 11) is 1.84. The Balaban J connectivity index is 1.83. The van der Waals surface area contributed by atoms with Gasteiger partial charge in [0.25, 0.3) is 0 Å². The number of ether oxygens (including phenoxy) is 1. The third kappa shape index (κ3) is 7.05. The van der Waals surface area contributed by atoms with Crippen LogP contribution in [0.15, 0.2) is 11.2 Å². The van der Waals surface area contributed by atoms with E-state index in [0.717, 1.165) is 58.2 Å². The van der Waals surface area contributed by atoms with Crippen LogP contribution in [-0.4, -0.2) is 68.3 Å². The lowest BCUT2D eigenvalue weighted by Crippen LogP contribution is -2.53. The molecule has 1 atom stereocenters. The van der Waals surface area contributed by atoms with Gasteiger partial charge in [-0.3, -0.25) is 9.89 Å². The van der Waals surface area contributed by atoms with Crippen molar-refractivity contribution in [2.24, 2.45) is 10.9 Å². The summed E-state index contributed by atoms with van der Waals surface area (Å²) in [5, 5.41) is 8.19. The maximum atomic E-state index is 5.55. The number of hydrogen-bond donors (Lipinski definition) is 2. The monoisotopic (exact) mass is 395 g/mol. The fraction of sp³-hybridized carbons (Fsp3) is 0.800. The van der Waals surface area contributed by atoms with Gasteiger partial charge in [-0.2, -0.15) is 0 Å². The third-order valence-corrected chi connectivity index (χ3v) is 6.59. The highest BCUT2D eigenvalue weighted by atomic mass is 32.1. The fourth-order valence-corrected chi connectivity index (χ4v) is 4.53. The number of thiazole rings is 1. The van der Waals surface area contributed by atoms with Crippen LogP contribution < -0.4 is 10.6 Å². The van der Waals surface area contributed by atoms with E-state index in [-0.39, 0.29) is 0 Å². The van der Waals surface area contributed by atoms with Crippen LogP contribution in [0.25, 0.3) is 0 Å². The molecule has 0 radical (unpaired) electrons. The SMILES string of the molecule is CCc1cnc(CCNC(=NC)NCC(C(CC)CC)N2CCOCC2)s1. The molecule has 0 aromatic carbocycles. The number of aryl methyl sites for hydroxylation is 1. The molecule has 7 heteroatoms. The Hall–Kier alpha value is -1.18. The lowest BCUT2D eigenvalue weighted by atomic mass is 9.92. The van der Waals surface area contributed by atoms with Crippen LogP contribution in [0.3, 0.4) is 0 Å². The van der Waals surface area contributed by atoms with Crippen molar-refractivity contribution in [2.45, 2.75) is 52.5 Å². The molecule has 1 fully saturated rings. The molecule has 2 heterocycles. The summed E-state index contributed by atoms with van der Waals surface area (Å²) in [5.41, 5.74) is 0. The molecular formula is C20H37N5OS. The summed E-state index contributed by atoms with van der Waals surface area (Å²) >= 11 is 1.81. The van der Waals surface area contributed by atoms with Crippen LogP contribution in [-0.2, 0) is 17.6 Å². The van der Waals surface area contributed by atoms with E-state index < -0.39 is 0 Å². The minimum Gasteiger partial charge on any atom is -0.379 e. The van der Waals surface area contributed by atoms with E-state index in [1.165, 1.54) is 22.7 Å². The molecule has 0 bridgehead atoms. The van der Waals surface area contributed by atoms with E-state index in [1.54, 1.807) is 0 Å². The topological polar surface area (TPSA) is 61.8 Å². The second-order valence-corrected chi connectivity index (χ2v) is 8.20. The summed E-state index contributed by atoms with van der Waals surface area (Å²) in [6.45, 7) is 12.3. The fourth-order valence-electron chi connectivity index (χ4n) is 3.67. The van der Waals surface area contributed by atoms with E-state index in [9.17, 15) is 0 Å². The number of rotatable bonds is 10. The Bertz CT molecular complexity index is 552. The van der Waals surface area contributed by atoms with Gasteiger partial charge in [0, 0.05) is 56.8 Å². The first-order valence-corrected chi connectivity index (χ1v) is 11.2. The third-order valence-electron chi connectivity index (χ3n) is 5.39. The molecule has 0 saturated carbocycles. The zero-order chi connectivity index (χ0) is 19.5. The maximum absolute atomic E-state index is 5.55. The Morgan fingerprint density at radius 3 is 2.59 bits per heavy atom. The molecule has 0 spiro atoms. The first-order chi connectivity index (χ1) is 13.2. The van der Waals surface area contributed by atoms with Gasteiger partial charge in [-0.05, 0) is 12.3 Å². The van der Waals surface area contributed by atoms with E-state index >= 15 is 0 Å². The summed E-state index contributed by atoms with van der Waals surface area (Å²) < 4.78 is 5.55. The standard InChI is InChI=1S/C20H37N5OS/c1-5-16(6-2)18(25-10-12-26-13-11-25)15-24-20(21-4)22-9-8-19-23-14-17(7-3)27-19/h14,16,18H,5-13,15H2,1-4H3,(H2,21,22,24). The second kappa shape index (κ2) is 12.3. The molecule has 0 amide bonds. The Morgan fingerprint density at radius 2 is 2.00 bits per heavy atom. The zero-order valence-corrected chi connectivity index (χ0v) is 18.3. The van der Waals surface area contributed by atoms with Gasteiger partial charge in [-0.1, -0.05) is 33.6 Å². The van der Waals surface area contributed by atoms with Crippen LogP contribution in [0.4, 0.5) is 0 Å². The molecule has 2 N–H and O–H groups in total. The van der Waals surface area contributed by atoms with E-state index in [4.69, 9.17) is 4.74 Å². The van der Waals surface area contributed by atoms with Crippen molar-refractivity contribution >= 4 is 17.3 Å². The number of aromatic nitrogens is 1. The molecule has 1 aliphatic rings. The summed E-state index contributed by atoms with van der Waals surface area (Å²) in [6.07, 6.45) is 6.40. The first-order valence-electron chi connectivity index (χ1n) is 10.4. The molecule has 27 heavy (non-hydrogen) atoms. The van der Waals surface area contributed by atoms with Crippen molar-refractivity contribution in [3.8, 4) is 0 Å². The summed E-state index contributed by atoms with van der Waals surface area (Å²) in [6, 6.07) is 0.522. The van der Waals surface area contributed by atoms with Crippen LogP contribution >= 0.6 is 11.3 Å². The summed E-state index contributed by atoms with van der Waals surface area (Å²) in [4.78, 5) is 12.8. The smallest absolute Gasteiger partial charge is 0.191 e. The number of hydrogen-bond acceptors (Lipinski definition) is 5. The lowest BCUT2D eigenvalue weighted by molar-refractivity contribution is 0.00272. The molecule has 1 saturated heterocycles. The predicted molar refractivity (Wildman–Crippen MR) is 115 cm³/mol. The normalized spacial score (nSPS) is 17.3. The number of morpholine rings is 1. The molecular weight excluding hydrogens is 358 g/mol. The molecule has 1 aromatic heterocycles. The van der Waals surface area contributed by atoms with E-state index in [0.29, 0.717) is 12.0 Å². The quantitative estimate of drug-likeness (QED) is 0.471. The molecule has 0 aliphatic carbocycles. The highest BCUT2D eigenvalue weighted by Crippen LogP contribution is 2.19. The van der Waals surface area contributed by atoms with Crippen molar-refractivity contribution in [1.29, 1.82) is 0 Å². The van der Waals surface area contributed by atoms with Crippen LogP contribution in [0.1, 0.15) is 43.5 Å². The molecule has 1 aliphatic heterocycles. The van der Waals surface area contributed by atoms with Gasteiger partial charge in [0.05, 0.1) is 18.2 Å². The predicted octanol–water partition coefficient (Wildman–Crippen LogP) is 2.55. The zero-order valence-electron chi connectivity index (χ0n) is 17.5. The Morgan fingerprint density at radius 1 is 1.26 bits per heavy atom. The molecule has 2 rings (SSSR count). The summed E-state index contributed by atoms with van der Waals surface area (Å²) in [5.74, 6) is 1.57. The maximum Gasteiger partial charge on any atom is 0.191 e. The van der Waals surface area contributed by atoms with Crippen molar-refractivity contribution in [1.82, 2.24) is 20.5 Å². The highest BCUT2D eigenvalue weighted by Gasteiger charge is 2.26. The average molecular weight is 396 g/mol. The number of nitrogens with one attached hydrogen (secondary N) is 2. The minimum atomic E-state index is 0.522. The number of nitrogens with zero attached hydrogens (tertiary/aromatic N) is 3. The number of aliphatic imine (C=N–C) groups is 1. The molecule has 6 nitrogen and oxygen atoms in total. The van der Waals surface area contributed by atoms with Gasteiger partial charge in [-0.15, -0.1) is 11.3 Å². The van der Waals surface area contributed by atoms with Crippen LogP contribution in [0.2, 0.25) is 0 Å². The van der Waals surface area contributed by atoms with Crippen LogP contribution in [0.5, 0.6) is 0 Å². The average Bonchev–Trinajstić information content (AvgIpc) is 3.18. The van der Waals surface area contributed by atoms with Crippen molar-refractivity contribution in [2.75, 3.05) is 46.4 Å². The largest absolute Gasteiger partial charge is 0.379 e. The van der Waals surface area contributed by atoms with Gasteiger partial charge >= 0.3 is 0 Å². The van der Waals surface area contributed by atoms with Gasteiger partial charge in [-0.25, -0.2) is 4.98 Å². The van der Waals surface area contributed by atoms with Gasteiger partial charge in [0.1, 0.15) is 0 Å². The molecule has 1 aromatic rings. The van der Waals surface area contributed by atoms with Gasteiger partial charge in [0.15, 0.2) is 5.96 Å². The minimum absolute atomic E-state index is 0.522. The second-order valence-electron chi connectivity index (χ2n) is 7.00. The Kier molecular flexibility index (Phi) is 10.1. The van der Waals surface area contributed by atoms with Crippen molar-refractivity contribution in [3.05, 3.63) is 16.1 Å². The first kappa shape index (κ1) is 22.1. The van der Waals surface area contributed by atoms with E-state index in [2.05, 4.69) is 46.3 Å². The van der Waals surface area contributed by atoms with Crippen molar-refractivity contribution < 1.29 is 4.74 Å². The highest BCUT2D eigenvalue weighted by molar-refractivity contribution is 7.11. The van der Waals surface area contributed by atoms with E-state index in [1.807, 2.05) is 24.6 Å². The van der Waals surface area contributed by atoms with Crippen molar-refractivity contribution in [3.63, 3.8) is 0 Å². The molecule has 154 valence electrons. The van der Waals surface area contributed by atoms with Crippen LogP contribution in [0, 0.1) is 5.92 Å². The Labute approximate surface area is 168 Å².